The highest BCUT2D eigenvalue weighted by atomic mass is 32.1. The quantitative estimate of drug-likeness (QED) is 0.602. The lowest BCUT2D eigenvalue weighted by Gasteiger charge is -2.27. The first kappa shape index (κ1) is 19.2. The molecule has 0 saturated heterocycles. The van der Waals surface area contributed by atoms with Crippen LogP contribution in [0.4, 0.5) is 5.00 Å². The minimum Gasteiger partial charge on any atom is -0.550 e. The molecular weight excluding hydrogens is 378 g/mol. The lowest BCUT2D eigenvalue weighted by Crippen LogP contribution is -2.42. The number of hydrogen-bond donors (Lipinski definition) is 1. The van der Waals surface area contributed by atoms with E-state index in [1.165, 1.54) is 11.3 Å². The Morgan fingerprint density at radius 3 is 2.64 bits per heavy atom. The average molecular weight is 402 g/mol. The van der Waals surface area contributed by atoms with Crippen molar-refractivity contribution in [3.63, 3.8) is 0 Å². The van der Waals surface area contributed by atoms with Gasteiger partial charge in [0.1, 0.15) is 5.00 Å². The number of carboxylic acid groups (broad SMARTS) is 1. The van der Waals surface area contributed by atoms with Crippen LogP contribution >= 0.6 is 11.3 Å². The number of esters is 1. The van der Waals surface area contributed by atoms with Crippen LogP contribution < -0.4 is 10.4 Å². The average Bonchev–Trinajstić information content (AvgIpc) is 3.33. The fraction of sp³-hybridized carbons (Fsp3) is 0.571. The van der Waals surface area contributed by atoms with Crippen molar-refractivity contribution in [3.05, 3.63) is 28.2 Å². The standard InChI is InChI=1S/C21H25NO5S/c1-3-27-21(26)17-13-8-10(2)4-7-14(13)28-19(17)22-18(23)15-11-5-6-12(9-11)16(15)20(24)25/h5-6,10-12,15-16H,3-4,7-9H2,1-2H3,(H,22,23)(H,24,25)/p-1/t10-,11+,12-,15-,16-/m0/s1. The van der Waals surface area contributed by atoms with Crippen molar-refractivity contribution >= 4 is 34.2 Å². The number of thiophene rings is 1. The molecule has 6 nitrogen and oxygen atoms in total. The van der Waals surface area contributed by atoms with Crippen molar-refractivity contribution in [2.75, 3.05) is 11.9 Å². The van der Waals surface area contributed by atoms with E-state index in [1.54, 1.807) is 6.92 Å². The highest BCUT2D eigenvalue weighted by Crippen LogP contribution is 2.49. The maximum atomic E-state index is 13.0. The first-order chi connectivity index (χ1) is 13.4. The van der Waals surface area contributed by atoms with E-state index in [9.17, 15) is 19.5 Å². The first-order valence-electron chi connectivity index (χ1n) is 9.92. The van der Waals surface area contributed by atoms with Crippen molar-refractivity contribution in [2.24, 2.45) is 29.6 Å². The Morgan fingerprint density at radius 1 is 1.25 bits per heavy atom. The van der Waals surface area contributed by atoms with Gasteiger partial charge in [-0.3, -0.25) is 4.79 Å². The monoisotopic (exact) mass is 402 g/mol. The normalized spacial score (nSPS) is 30.1. The summed E-state index contributed by atoms with van der Waals surface area (Å²) in [4.78, 5) is 38.4. The van der Waals surface area contributed by atoms with Crippen LogP contribution in [0.3, 0.4) is 0 Å². The zero-order valence-electron chi connectivity index (χ0n) is 16.0. The summed E-state index contributed by atoms with van der Waals surface area (Å²) < 4.78 is 5.25. The molecular formula is C21H24NO5S-. The second kappa shape index (κ2) is 7.35. The molecule has 0 unspecified atom stereocenters. The van der Waals surface area contributed by atoms with Crippen molar-refractivity contribution in [1.82, 2.24) is 0 Å². The third-order valence-electron chi connectivity index (χ3n) is 6.26. The van der Waals surface area contributed by atoms with Gasteiger partial charge in [0.2, 0.25) is 5.91 Å². The van der Waals surface area contributed by atoms with Gasteiger partial charge < -0.3 is 20.0 Å². The molecule has 0 aromatic carbocycles. The van der Waals surface area contributed by atoms with Crippen LogP contribution in [-0.4, -0.2) is 24.5 Å². The van der Waals surface area contributed by atoms with Gasteiger partial charge in [-0.05, 0) is 55.9 Å². The number of rotatable bonds is 5. The van der Waals surface area contributed by atoms with Gasteiger partial charge in [0.05, 0.1) is 18.1 Å². The number of hydrogen-bond acceptors (Lipinski definition) is 6. The zero-order valence-corrected chi connectivity index (χ0v) is 16.8. The van der Waals surface area contributed by atoms with Gasteiger partial charge in [0.15, 0.2) is 0 Å². The Hall–Kier alpha value is -2.15. The largest absolute Gasteiger partial charge is 0.550 e. The number of aliphatic carboxylic acids is 1. The SMILES string of the molecule is CCOC(=O)c1c(NC(=O)[C@@H]2[C@@H](C(=O)[O-])[C@H]3C=C[C@@H]2C3)sc2c1C[C@@H](C)CC2. The van der Waals surface area contributed by atoms with Crippen molar-refractivity contribution in [2.45, 2.75) is 39.5 Å². The molecule has 1 heterocycles. The van der Waals surface area contributed by atoms with Gasteiger partial charge in [-0.15, -0.1) is 11.3 Å². The molecule has 4 rings (SSSR count). The van der Waals surface area contributed by atoms with Gasteiger partial charge in [0, 0.05) is 16.8 Å². The summed E-state index contributed by atoms with van der Waals surface area (Å²) in [6.07, 6.45) is 7.19. The molecule has 1 saturated carbocycles. The van der Waals surface area contributed by atoms with Crippen LogP contribution in [0.1, 0.15) is 47.5 Å². The molecule has 28 heavy (non-hydrogen) atoms. The number of fused-ring (bicyclic) bond motifs is 3. The number of allylic oxidation sites excluding steroid dienone is 2. The van der Waals surface area contributed by atoms with Gasteiger partial charge in [-0.1, -0.05) is 19.1 Å². The first-order valence-corrected chi connectivity index (χ1v) is 10.7. The molecule has 0 aliphatic heterocycles. The highest BCUT2D eigenvalue weighted by Gasteiger charge is 2.49. The number of carbonyl (C=O) groups is 3. The summed E-state index contributed by atoms with van der Waals surface area (Å²) in [6, 6.07) is 0. The minimum absolute atomic E-state index is 0.0893. The van der Waals surface area contributed by atoms with E-state index in [-0.39, 0.29) is 24.3 Å². The molecule has 3 aliphatic carbocycles. The summed E-state index contributed by atoms with van der Waals surface area (Å²) in [5, 5.41) is 15.0. The van der Waals surface area contributed by atoms with Crippen molar-refractivity contribution in [3.8, 4) is 0 Å². The van der Waals surface area contributed by atoms with Gasteiger partial charge in [-0.25, -0.2) is 4.79 Å². The molecule has 150 valence electrons. The van der Waals surface area contributed by atoms with Gasteiger partial charge in [0.25, 0.3) is 0 Å². The molecule has 5 atom stereocenters. The van der Waals surface area contributed by atoms with E-state index < -0.39 is 23.8 Å². The molecule has 1 fully saturated rings. The summed E-state index contributed by atoms with van der Waals surface area (Å²) in [5.41, 5.74) is 1.42. The predicted octanol–water partition coefficient (Wildman–Crippen LogP) is 2.18. The van der Waals surface area contributed by atoms with Crippen LogP contribution in [0, 0.1) is 29.6 Å². The predicted molar refractivity (Wildman–Crippen MR) is 103 cm³/mol. The van der Waals surface area contributed by atoms with Crippen molar-refractivity contribution < 1.29 is 24.2 Å². The molecule has 1 aromatic rings. The molecule has 7 heteroatoms. The molecule has 1 amide bonds. The summed E-state index contributed by atoms with van der Waals surface area (Å²) in [6.45, 7) is 4.17. The topological polar surface area (TPSA) is 95.5 Å². The molecule has 1 aromatic heterocycles. The summed E-state index contributed by atoms with van der Waals surface area (Å²) in [7, 11) is 0. The Bertz CT molecular complexity index is 857. The number of aryl methyl sites for hydroxylation is 1. The number of carbonyl (C=O) groups excluding carboxylic acids is 3. The third kappa shape index (κ3) is 3.15. The van der Waals surface area contributed by atoms with Crippen LogP contribution in [0.15, 0.2) is 12.2 Å². The number of amides is 1. The molecule has 3 aliphatic rings. The molecule has 0 radical (unpaired) electrons. The fourth-order valence-corrected chi connectivity index (χ4v) is 6.20. The highest BCUT2D eigenvalue weighted by molar-refractivity contribution is 7.17. The van der Waals surface area contributed by atoms with E-state index >= 15 is 0 Å². The summed E-state index contributed by atoms with van der Waals surface area (Å²) in [5.74, 6) is -3.18. The van der Waals surface area contributed by atoms with Crippen molar-refractivity contribution in [1.29, 1.82) is 0 Å². The van der Waals surface area contributed by atoms with E-state index in [1.807, 2.05) is 12.2 Å². The van der Waals surface area contributed by atoms with Gasteiger partial charge >= 0.3 is 5.97 Å². The second-order valence-electron chi connectivity index (χ2n) is 8.08. The maximum absolute atomic E-state index is 13.0. The Balaban J connectivity index is 1.64. The second-order valence-corrected chi connectivity index (χ2v) is 9.19. The molecule has 2 bridgehead atoms. The fourth-order valence-electron chi connectivity index (χ4n) is 4.96. The van der Waals surface area contributed by atoms with E-state index in [4.69, 9.17) is 4.74 Å². The van der Waals surface area contributed by atoms with E-state index in [0.717, 1.165) is 29.7 Å². The Morgan fingerprint density at radius 2 is 1.96 bits per heavy atom. The number of anilines is 1. The van der Waals surface area contributed by atoms with Crippen LogP contribution in [-0.2, 0) is 27.2 Å². The van der Waals surface area contributed by atoms with Crippen LogP contribution in [0.2, 0.25) is 0 Å². The number of ether oxygens (including phenoxy) is 1. The van der Waals surface area contributed by atoms with E-state index in [2.05, 4.69) is 12.2 Å². The lowest BCUT2D eigenvalue weighted by atomic mass is 9.82. The maximum Gasteiger partial charge on any atom is 0.341 e. The minimum atomic E-state index is -1.18. The number of carboxylic acids is 1. The lowest BCUT2D eigenvalue weighted by molar-refractivity contribution is -0.313. The zero-order chi connectivity index (χ0) is 20.0. The van der Waals surface area contributed by atoms with Crippen LogP contribution in [0.25, 0.3) is 0 Å². The van der Waals surface area contributed by atoms with E-state index in [0.29, 0.717) is 22.9 Å². The molecule has 0 spiro atoms. The van der Waals surface area contributed by atoms with Crippen LogP contribution in [0.5, 0.6) is 0 Å². The van der Waals surface area contributed by atoms with Gasteiger partial charge in [-0.2, -0.15) is 0 Å². The smallest absolute Gasteiger partial charge is 0.341 e. The Kier molecular flexibility index (Phi) is 5.04. The Labute approximate surface area is 168 Å². The third-order valence-corrected chi connectivity index (χ3v) is 7.47. The number of nitrogens with one attached hydrogen (secondary N) is 1. The molecule has 1 N–H and O–H groups in total. The summed E-state index contributed by atoms with van der Waals surface area (Å²) >= 11 is 1.42.